The van der Waals surface area contributed by atoms with E-state index in [-0.39, 0.29) is 51.2 Å². The van der Waals surface area contributed by atoms with E-state index in [2.05, 4.69) is 53.8 Å². The quantitative estimate of drug-likeness (QED) is 0.0245. The zero-order valence-corrected chi connectivity index (χ0v) is 43.4. The second-order valence-corrected chi connectivity index (χ2v) is 22.9. The number of hydrogen-bond acceptors (Lipinski definition) is 29. The van der Waals surface area contributed by atoms with Crippen LogP contribution in [0, 0.1) is 0 Å². The van der Waals surface area contributed by atoms with Crippen LogP contribution in [0.25, 0.3) is 33.5 Å². The Bertz CT molecular complexity index is 3510. The van der Waals surface area contributed by atoms with Crippen LogP contribution in [0.5, 0.6) is 0 Å². The molecule has 39 nitrogen and oxygen atoms in total. The molecule has 16 atom stereocenters. The number of hydrogen-bond donors (Lipinski definition) is 12. The van der Waals surface area contributed by atoms with Crippen molar-refractivity contribution in [1.82, 2.24) is 53.6 Å². The van der Waals surface area contributed by atoms with Gasteiger partial charge in [-0.1, -0.05) is 4.98 Å². The summed E-state index contributed by atoms with van der Waals surface area (Å²) in [6.45, 7) is -3.27. The van der Waals surface area contributed by atoms with Gasteiger partial charge in [0.05, 0.1) is 39.5 Å². The molecule has 6 aromatic heterocycles. The molecule has 3 saturated heterocycles. The van der Waals surface area contributed by atoms with E-state index >= 15 is 0 Å². The molecule has 0 aromatic carbocycles. The lowest BCUT2D eigenvalue weighted by atomic mass is 10.1. The molecule has 3 aliphatic rings. The highest BCUT2D eigenvalue weighted by Crippen LogP contribution is 2.68. The molecule has 3 aliphatic heterocycles. The van der Waals surface area contributed by atoms with Crippen molar-refractivity contribution in [2.45, 2.75) is 73.6 Å². The van der Waals surface area contributed by atoms with Crippen LogP contribution in [0.2, 0.25) is 0 Å². The zero-order chi connectivity index (χ0) is 55.7. The van der Waals surface area contributed by atoms with Crippen LogP contribution in [0.3, 0.4) is 0 Å². The molecule has 0 amide bonds. The van der Waals surface area contributed by atoms with Crippen LogP contribution in [0.15, 0.2) is 34.9 Å². The monoisotopic (exact) mass is 1170 g/mol. The van der Waals surface area contributed by atoms with E-state index in [1.54, 1.807) is 7.05 Å². The molecule has 0 bridgehead atoms. The number of aryl methyl sites for hydroxylation is 1. The molecular formula is C34H48N15O24P4+. The summed E-state index contributed by atoms with van der Waals surface area (Å²) < 4.78 is 116. The number of aliphatic hydroxyl groups excluding tert-OH is 3. The van der Waals surface area contributed by atoms with E-state index < -0.39 is 136 Å². The summed E-state index contributed by atoms with van der Waals surface area (Å²) in [6.07, 6.45) is -14.2. The van der Waals surface area contributed by atoms with E-state index in [0.29, 0.717) is 0 Å². The van der Waals surface area contributed by atoms with Crippen molar-refractivity contribution in [2.24, 2.45) is 7.05 Å². The number of fused-ring (bicyclic) bond motifs is 3. The molecule has 9 heterocycles. The Morgan fingerprint density at radius 3 is 1.91 bits per heavy atom. The van der Waals surface area contributed by atoms with Gasteiger partial charge in [0, 0.05) is 21.3 Å². The number of nitrogens with two attached hydrogens (primary N) is 2. The molecule has 0 aliphatic carbocycles. The van der Waals surface area contributed by atoms with Crippen LogP contribution in [-0.2, 0) is 75.7 Å². The Morgan fingerprint density at radius 1 is 0.688 bits per heavy atom. The molecule has 14 N–H and O–H groups in total. The topological polar surface area (TPSA) is 537 Å². The van der Waals surface area contributed by atoms with Crippen LogP contribution in [0.1, 0.15) is 18.7 Å². The molecule has 0 saturated carbocycles. The van der Waals surface area contributed by atoms with Gasteiger partial charge in [-0.2, -0.15) is 13.6 Å². The van der Waals surface area contributed by atoms with E-state index in [4.69, 9.17) is 53.2 Å². The molecule has 77 heavy (non-hydrogen) atoms. The summed E-state index contributed by atoms with van der Waals surface area (Å²) in [5, 5.41) is 35.6. The van der Waals surface area contributed by atoms with Crippen molar-refractivity contribution < 1.29 is 108 Å². The molecule has 6 aromatic rings. The smallest absolute Gasteiger partial charge is 0.387 e. The van der Waals surface area contributed by atoms with Gasteiger partial charge in [0.2, 0.25) is 17.7 Å². The molecular weight excluding hydrogens is 1130 g/mol. The number of aromatic amines is 2. The summed E-state index contributed by atoms with van der Waals surface area (Å²) in [5.74, 6) is -0.318. The predicted octanol–water partition coefficient (Wildman–Crippen LogP) is -3.60. The summed E-state index contributed by atoms with van der Waals surface area (Å²) >= 11 is 0. The zero-order valence-electron chi connectivity index (χ0n) is 39.8. The average Bonchev–Trinajstić information content (AvgIpc) is 4.20. The summed E-state index contributed by atoms with van der Waals surface area (Å²) in [7, 11) is -18.0. The lowest BCUT2D eigenvalue weighted by Gasteiger charge is -2.26. The Hall–Kier alpha value is -5.15. The molecule has 422 valence electrons. The van der Waals surface area contributed by atoms with Gasteiger partial charge in [0.25, 0.3) is 17.1 Å². The lowest BCUT2D eigenvalue weighted by molar-refractivity contribution is -0.746. The van der Waals surface area contributed by atoms with Gasteiger partial charge in [-0.25, -0.2) is 42.8 Å². The highest BCUT2D eigenvalue weighted by molar-refractivity contribution is 7.66. The van der Waals surface area contributed by atoms with Gasteiger partial charge in [0.1, 0.15) is 66.8 Å². The second-order valence-electron chi connectivity index (χ2n) is 16.9. The highest BCUT2D eigenvalue weighted by atomic mass is 31.3. The minimum Gasteiger partial charge on any atom is -0.387 e. The van der Waals surface area contributed by atoms with E-state index in [9.17, 15) is 62.7 Å². The Morgan fingerprint density at radius 2 is 1.26 bits per heavy atom. The minimum atomic E-state index is -6.18. The number of aromatic nitrogens is 12. The number of aliphatic hydroxyl groups is 3. The number of methoxy groups -OCH3 is 2. The first-order valence-corrected chi connectivity index (χ1v) is 28.0. The normalized spacial score (nSPS) is 30.0. The molecule has 0 spiro atoms. The molecule has 43 heteroatoms. The largest absolute Gasteiger partial charge is 0.490 e. The molecule has 3 fully saturated rings. The van der Waals surface area contributed by atoms with Gasteiger partial charge in [-0.3, -0.25) is 51.4 Å². The first-order valence-electron chi connectivity index (χ1n) is 22.0. The standard InChI is InChI=1S/C34H47N15O24P4/c1-37-24-15-25(39-8-38-24)47(9-40-15)32-23(64-4)21(71-74(55,56)65-5-12-18(50)20(52)30(68-12)48-10-41-16-26(48)42-33(35)44-28(16)53)14(70-32)7-67-76(59,60)73-77(61,62)72-75(57,58)66-6-13-19(51)22(63-3)31(69-13)49-11-46(2)17-27(49)43-34(36)45-29(17)54/h8-14,18-23,30-32,50-52H,5-7H2,1-4H3,(H10-,35,36,37,38,39,42,43,44,45,53,54,55,56,57,58,59,60,61,62)/p+1/t12-,13-,14-,18?,19+,20+,21?,22?,23+,30-,31-,32-/m1/s1. The van der Waals surface area contributed by atoms with Crippen molar-refractivity contribution in [3.05, 3.63) is 46.0 Å². The van der Waals surface area contributed by atoms with E-state index in [1.807, 2.05) is 0 Å². The fraction of sp³-hybridized carbons (Fsp3) is 0.559. The number of imidazole rings is 3. The van der Waals surface area contributed by atoms with Gasteiger partial charge in [0.15, 0.2) is 41.4 Å². The van der Waals surface area contributed by atoms with E-state index in [0.717, 1.165) is 24.3 Å². The highest BCUT2D eigenvalue weighted by Gasteiger charge is 2.54. The van der Waals surface area contributed by atoms with Crippen molar-refractivity contribution in [1.29, 1.82) is 0 Å². The number of nitrogen functional groups attached to an aromatic ring is 2. The maximum Gasteiger partial charge on any atom is 0.490 e. The first-order chi connectivity index (χ1) is 36.2. The third kappa shape index (κ3) is 11.4. The Balaban J connectivity index is 0.871. The Labute approximate surface area is 428 Å². The minimum absolute atomic E-state index is 0.00908. The fourth-order valence-corrected chi connectivity index (χ4v) is 13.2. The van der Waals surface area contributed by atoms with Gasteiger partial charge >= 0.3 is 36.9 Å². The maximum atomic E-state index is 13.7. The number of nitrogens with zero attached hydrogens (tertiary/aromatic N) is 10. The number of phosphoric ester groups is 3. The molecule has 7 unspecified atom stereocenters. The van der Waals surface area contributed by atoms with Crippen molar-refractivity contribution in [3.63, 3.8) is 0 Å². The number of phosphoric acid groups is 4. The van der Waals surface area contributed by atoms with Crippen molar-refractivity contribution in [2.75, 3.05) is 57.9 Å². The third-order valence-corrected chi connectivity index (χ3v) is 17.2. The fourth-order valence-electron chi connectivity index (χ4n) is 8.69. The summed E-state index contributed by atoms with van der Waals surface area (Å²) in [4.78, 5) is 96.7. The van der Waals surface area contributed by atoms with Gasteiger partial charge in [-0.15, -0.1) is 0 Å². The number of ether oxygens (including phenoxy) is 5. The van der Waals surface area contributed by atoms with Crippen LogP contribution >= 0.6 is 31.3 Å². The van der Waals surface area contributed by atoms with Crippen LogP contribution in [0.4, 0.5) is 17.7 Å². The first kappa shape index (κ1) is 56.6. The third-order valence-electron chi connectivity index (χ3n) is 12.0. The number of H-pyrrole nitrogens is 2. The van der Waals surface area contributed by atoms with E-state index in [1.165, 1.54) is 40.5 Å². The Kier molecular flexibility index (Phi) is 15.8. The van der Waals surface area contributed by atoms with Crippen LogP contribution in [-0.4, -0.2) is 184 Å². The van der Waals surface area contributed by atoms with Gasteiger partial charge < -0.3 is 75.4 Å². The predicted molar refractivity (Wildman–Crippen MR) is 249 cm³/mol. The average molecular weight is 1170 g/mol. The van der Waals surface area contributed by atoms with Crippen molar-refractivity contribution >= 4 is 82.5 Å². The number of nitrogens with one attached hydrogen (secondary N) is 3. The number of anilines is 3. The maximum absolute atomic E-state index is 13.7. The summed E-state index contributed by atoms with van der Waals surface area (Å²) in [5.41, 5.74) is 10.0. The van der Waals surface area contributed by atoms with Gasteiger partial charge in [-0.05, 0) is 0 Å². The second kappa shape index (κ2) is 21.5. The van der Waals surface area contributed by atoms with Crippen molar-refractivity contribution in [3.8, 4) is 0 Å². The summed E-state index contributed by atoms with van der Waals surface area (Å²) in [6, 6.07) is 0. The SMILES string of the molecule is CNc1ncnc2c1ncn2[C@@H]1O[C@H](COP(=O)(O)OP(=O)(O)OP(=O)(O)OC[C@H]2O[C@@H]([n+]3cn(C)c4c(=O)[nH]c(N)nc43)C(OC)[C@H]2O)C(OP(=O)(O)OC[C@H]2O[C@@H](n3cnc4c(=O)[nH]c(N)nc43)[C@@H](O)C2O)[C@@H]1OC. The molecule has 0 radical (unpaired) electrons. The number of rotatable bonds is 21. The lowest BCUT2D eigenvalue weighted by Crippen LogP contribution is -2.47. The van der Waals surface area contributed by atoms with Crippen LogP contribution < -0.4 is 32.5 Å². The molecule has 9 rings (SSSR count).